The van der Waals surface area contributed by atoms with Crippen LogP contribution in [0.5, 0.6) is 0 Å². The Morgan fingerprint density at radius 3 is 3.29 bits per heavy atom. The van der Waals surface area contributed by atoms with Gasteiger partial charge in [-0.1, -0.05) is 5.16 Å². The van der Waals surface area contributed by atoms with Crippen LogP contribution in [0.3, 0.4) is 0 Å². The SMILES string of the molecule is Nc1nc2c(ncn2COC/C=N/O)c(=O)[nH]1. The smallest absolute Gasteiger partial charge is 0.280 e. The molecular formula is C8H10N6O3. The van der Waals surface area contributed by atoms with Gasteiger partial charge >= 0.3 is 0 Å². The van der Waals surface area contributed by atoms with Crippen molar-refractivity contribution in [1.29, 1.82) is 0 Å². The maximum Gasteiger partial charge on any atom is 0.280 e. The van der Waals surface area contributed by atoms with Crippen LogP contribution < -0.4 is 11.3 Å². The molecule has 2 aromatic rings. The zero-order valence-corrected chi connectivity index (χ0v) is 8.70. The highest BCUT2D eigenvalue weighted by Gasteiger charge is 2.08. The molecule has 0 bridgehead atoms. The molecule has 90 valence electrons. The number of rotatable bonds is 4. The monoisotopic (exact) mass is 238 g/mol. The van der Waals surface area contributed by atoms with Crippen LogP contribution in [-0.4, -0.2) is 37.5 Å². The molecule has 2 heterocycles. The molecule has 0 saturated heterocycles. The second-order valence-corrected chi connectivity index (χ2v) is 3.14. The normalized spacial score (nSPS) is 11.5. The first-order chi connectivity index (χ1) is 8.22. The molecular weight excluding hydrogens is 228 g/mol. The lowest BCUT2D eigenvalue weighted by atomic mass is 10.5. The highest BCUT2D eigenvalue weighted by atomic mass is 16.5. The van der Waals surface area contributed by atoms with Gasteiger partial charge in [-0.3, -0.25) is 14.3 Å². The van der Waals surface area contributed by atoms with Crippen LogP contribution in [0.2, 0.25) is 0 Å². The molecule has 9 nitrogen and oxygen atoms in total. The van der Waals surface area contributed by atoms with E-state index in [9.17, 15) is 4.79 Å². The van der Waals surface area contributed by atoms with Gasteiger partial charge in [-0.25, -0.2) is 4.98 Å². The first kappa shape index (κ1) is 11.1. The highest BCUT2D eigenvalue weighted by Crippen LogP contribution is 2.05. The zero-order valence-electron chi connectivity index (χ0n) is 8.70. The lowest BCUT2D eigenvalue weighted by Gasteiger charge is -2.02. The number of anilines is 1. The van der Waals surface area contributed by atoms with Crippen molar-refractivity contribution in [3.8, 4) is 0 Å². The van der Waals surface area contributed by atoms with E-state index in [1.54, 1.807) is 0 Å². The Bertz CT molecular complexity index is 601. The number of aromatic amines is 1. The molecule has 2 rings (SSSR count). The lowest BCUT2D eigenvalue weighted by molar-refractivity contribution is 0.111. The highest BCUT2D eigenvalue weighted by molar-refractivity contribution is 5.70. The minimum Gasteiger partial charge on any atom is -0.411 e. The standard InChI is InChI=1S/C8H10N6O3/c9-8-12-6-5(7(15)13-8)10-3-14(6)4-17-2-1-11-16/h1,3,16H,2,4H2,(H3,9,12,13,15)/b11-1+. The maximum absolute atomic E-state index is 11.4. The number of H-pyrrole nitrogens is 1. The van der Waals surface area contributed by atoms with Crippen molar-refractivity contribution in [2.24, 2.45) is 5.16 Å². The van der Waals surface area contributed by atoms with Crippen LogP contribution in [0.1, 0.15) is 0 Å². The number of oxime groups is 1. The van der Waals surface area contributed by atoms with E-state index in [2.05, 4.69) is 20.1 Å². The van der Waals surface area contributed by atoms with E-state index in [0.29, 0.717) is 5.65 Å². The van der Waals surface area contributed by atoms with Crippen molar-refractivity contribution in [2.75, 3.05) is 12.3 Å². The van der Waals surface area contributed by atoms with Crippen LogP contribution in [0.15, 0.2) is 16.3 Å². The van der Waals surface area contributed by atoms with Gasteiger partial charge in [0.1, 0.15) is 6.73 Å². The fourth-order valence-corrected chi connectivity index (χ4v) is 1.30. The number of nitrogens with one attached hydrogen (secondary N) is 1. The minimum absolute atomic E-state index is 0.0150. The number of nitrogens with zero attached hydrogens (tertiary/aromatic N) is 4. The molecule has 0 aliphatic heterocycles. The molecule has 0 unspecified atom stereocenters. The summed E-state index contributed by atoms with van der Waals surface area (Å²) in [5.74, 6) is 0.0150. The maximum atomic E-state index is 11.4. The van der Waals surface area contributed by atoms with Gasteiger partial charge in [0.25, 0.3) is 5.56 Å². The van der Waals surface area contributed by atoms with E-state index in [1.807, 2.05) is 0 Å². The molecule has 0 saturated carbocycles. The van der Waals surface area contributed by atoms with Crippen LogP contribution >= 0.6 is 0 Å². The van der Waals surface area contributed by atoms with Gasteiger partial charge in [0, 0.05) is 0 Å². The molecule has 0 spiro atoms. The fraction of sp³-hybridized carbons (Fsp3) is 0.250. The van der Waals surface area contributed by atoms with E-state index in [4.69, 9.17) is 15.7 Å². The van der Waals surface area contributed by atoms with Crippen molar-refractivity contribution in [1.82, 2.24) is 19.5 Å². The number of hydrogen-bond acceptors (Lipinski definition) is 7. The van der Waals surface area contributed by atoms with E-state index in [0.717, 1.165) is 0 Å². The molecule has 0 aliphatic carbocycles. The number of nitrogens with two attached hydrogens (primary N) is 1. The van der Waals surface area contributed by atoms with Crippen molar-refractivity contribution in [2.45, 2.75) is 6.73 Å². The molecule has 0 atom stereocenters. The number of hydrogen-bond donors (Lipinski definition) is 3. The van der Waals surface area contributed by atoms with Crippen LogP contribution in [0, 0.1) is 0 Å². The van der Waals surface area contributed by atoms with Gasteiger partial charge in [0.05, 0.1) is 19.1 Å². The number of aromatic nitrogens is 4. The number of fused-ring (bicyclic) bond motifs is 1. The average Bonchev–Trinajstić information content (AvgIpc) is 2.68. The van der Waals surface area contributed by atoms with Crippen molar-refractivity contribution < 1.29 is 9.94 Å². The molecule has 0 aromatic carbocycles. The predicted octanol–water partition coefficient (Wildman–Crippen LogP) is -0.864. The number of imidazole rings is 1. The van der Waals surface area contributed by atoms with E-state index in [1.165, 1.54) is 17.1 Å². The molecule has 2 aromatic heterocycles. The quantitative estimate of drug-likeness (QED) is 0.275. The second kappa shape index (κ2) is 4.61. The van der Waals surface area contributed by atoms with Gasteiger partial charge in [0.2, 0.25) is 5.95 Å². The Hall–Kier alpha value is -2.42. The molecule has 17 heavy (non-hydrogen) atoms. The Labute approximate surface area is 94.5 Å². The third-order valence-corrected chi connectivity index (χ3v) is 2.00. The molecule has 0 aliphatic rings. The Morgan fingerprint density at radius 1 is 1.71 bits per heavy atom. The van der Waals surface area contributed by atoms with Crippen molar-refractivity contribution >= 4 is 23.3 Å². The fourth-order valence-electron chi connectivity index (χ4n) is 1.30. The van der Waals surface area contributed by atoms with Gasteiger partial charge in [-0.15, -0.1) is 0 Å². The summed E-state index contributed by atoms with van der Waals surface area (Å²) < 4.78 is 6.65. The molecule has 0 radical (unpaired) electrons. The summed E-state index contributed by atoms with van der Waals surface area (Å²) in [5, 5.41) is 10.9. The summed E-state index contributed by atoms with van der Waals surface area (Å²) in [4.78, 5) is 21.6. The van der Waals surface area contributed by atoms with Gasteiger partial charge in [0.15, 0.2) is 11.2 Å². The van der Waals surface area contributed by atoms with Crippen LogP contribution in [-0.2, 0) is 11.5 Å². The van der Waals surface area contributed by atoms with Gasteiger partial charge < -0.3 is 15.7 Å². The van der Waals surface area contributed by atoms with Gasteiger partial charge in [-0.05, 0) is 0 Å². The summed E-state index contributed by atoms with van der Waals surface area (Å²) in [7, 11) is 0. The Morgan fingerprint density at radius 2 is 2.53 bits per heavy atom. The summed E-state index contributed by atoms with van der Waals surface area (Å²) >= 11 is 0. The second-order valence-electron chi connectivity index (χ2n) is 3.14. The van der Waals surface area contributed by atoms with E-state index >= 15 is 0 Å². The van der Waals surface area contributed by atoms with Crippen molar-refractivity contribution in [3.63, 3.8) is 0 Å². The third-order valence-electron chi connectivity index (χ3n) is 2.00. The Balaban J connectivity index is 2.26. The third kappa shape index (κ3) is 2.23. The minimum atomic E-state index is -0.400. The van der Waals surface area contributed by atoms with Crippen molar-refractivity contribution in [3.05, 3.63) is 16.7 Å². The average molecular weight is 238 g/mol. The Kier molecular flexibility index (Phi) is 3.01. The topological polar surface area (TPSA) is 131 Å². The molecule has 0 fully saturated rings. The molecule has 4 N–H and O–H groups in total. The summed E-state index contributed by atoms with van der Waals surface area (Å²) in [6, 6.07) is 0. The van der Waals surface area contributed by atoms with E-state index in [-0.39, 0.29) is 24.8 Å². The first-order valence-corrected chi connectivity index (χ1v) is 4.66. The predicted molar refractivity (Wildman–Crippen MR) is 58.8 cm³/mol. The van der Waals surface area contributed by atoms with Crippen LogP contribution in [0.4, 0.5) is 5.95 Å². The number of ether oxygens (including phenoxy) is 1. The lowest BCUT2D eigenvalue weighted by Crippen LogP contribution is -2.12. The summed E-state index contributed by atoms with van der Waals surface area (Å²) in [6.07, 6.45) is 2.61. The van der Waals surface area contributed by atoms with Crippen LogP contribution in [0.25, 0.3) is 11.2 Å². The first-order valence-electron chi connectivity index (χ1n) is 4.66. The summed E-state index contributed by atoms with van der Waals surface area (Å²) in [5.41, 5.74) is 5.56. The summed E-state index contributed by atoms with van der Waals surface area (Å²) in [6.45, 7) is 0.257. The van der Waals surface area contributed by atoms with E-state index < -0.39 is 5.56 Å². The molecule has 9 heteroatoms. The number of nitrogen functional groups attached to an aromatic ring is 1. The molecule has 0 amide bonds. The van der Waals surface area contributed by atoms with Gasteiger partial charge in [-0.2, -0.15) is 4.98 Å². The zero-order chi connectivity index (χ0) is 12.3. The largest absolute Gasteiger partial charge is 0.411 e.